The molecule has 5 saturated carbocycles. The predicted octanol–water partition coefficient (Wildman–Crippen LogP) is 8.14. The second-order valence-corrected chi connectivity index (χ2v) is 18.7. The number of esters is 2. The third-order valence-electron chi connectivity index (χ3n) is 15.8. The van der Waals surface area contributed by atoms with Crippen molar-refractivity contribution in [3.63, 3.8) is 0 Å². The second kappa shape index (κ2) is 13.0. The summed E-state index contributed by atoms with van der Waals surface area (Å²) in [6.45, 7) is 22.9. The van der Waals surface area contributed by atoms with E-state index in [1.807, 2.05) is 0 Å². The first kappa shape index (κ1) is 37.3. The van der Waals surface area contributed by atoms with Crippen molar-refractivity contribution in [2.24, 2.45) is 62.1 Å². The van der Waals surface area contributed by atoms with Gasteiger partial charge >= 0.3 is 17.9 Å². The number of allylic oxidation sites excluding steroid dienone is 1. The van der Waals surface area contributed by atoms with Crippen LogP contribution < -0.4 is 5.48 Å². The summed E-state index contributed by atoms with van der Waals surface area (Å²) in [5.74, 6) is 1.09. The van der Waals surface area contributed by atoms with Gasteiger partial charge in [-0.15, -0.1) is 0 Å². The molecule has 0 aromatic carbocycles. The fraction of sp³-hybridized carbons (Fsp3) is 0.875. The molecule has 272 valence electrons. The molecular weight excluding hydrogens is 606 g/mol. The molecule has 0 bridgehead atoms. The van der Waals surface area contributed by atoms with E-state index in [0.717, 1.165) is 25.7 Å². The Morgan fingerprint density at radius 2 is 1.58 bits per heavy atom. The van der Waals surface area contributed by atoms with Gasteiger partial charge in [0.15, 0.2) is 0 Å². The molecule has 10 atom stereocenters. The monoisotopic (exact) mass is 671 g/mol. The molecule has 8 heteroatoms. The summed E-state index contributed by atoms with van der Waals surface area (Å²) in [5, 5.41) is 9.58. The number of hydroxylamine groups is 1. The molecule has 5 rings (SSSR count). The zero-order chi connectivity index (χ0) is 35.5. The first-order valence-corrected chi connectivity index (χ1v) is 18.8. The van der Waals surface area contributed by atoms with E-state index in [0.29, 0.717) is 36.2 Å². The van der Waals surface area contributed by atoms with Gasteiger partial charge in [0.05, 0.1) is 25.6 Å². The standard InChI is InChI=1S/C40H65NO7/c1-25(2)26-13-18-40(21-22-47-32(43)24-41-46-10)20-19-38(8)27(33(26)40)11-12-29-37(7)16-15-30(48-31(42)23-35(3,4)34(44)45)36(5,6)28(37)14-17-39(29,38)9/h26-30,33,41H,1,11-24H2,2-10H3,(H,44,45)/t26-,27+,28-,29+,30-,33+,37-,38+,39+,40+/m0/s1. The highest BCUT2D eigenvalue weighted by molar-refractivity contribution is 5.81. The van der Waals surface area contributed by atoms with Crippen LogP contribution in [0.5, 0.6) is 0 Å². The van der Waals surface area contributed by atoms with Crippen LogP contribution in [0.25, 0.3) is 0 Å². The van der Waals surface area contributed by atoms with Gasteiger partial charge in [-0.05, 0) is 143 Å². The number of hydrogen-bond acceptors (Lipinski definition) is 7. The van der Waals surface area contributed by atoms with E-state index >= 15 is 0 Å². The molecule has 0 amide bonds. The van der Waals surface area contributed by atoms with Gasteiger partial charge in [-0.3, -0.25) is 14.4 Å². The van der Waals surface area contributed by atoms with E-state index in [9.17, 15) is 19.5 Å². The number of carboxylic acids is 1. The maximum atomic E-state index is 13.0. The summed E-state index contributed by atoms with van der Waals surface area (Å²) in [6.07, 6.45) is 12.0. The van der Waals surface area contributed by atoms with Crippen molar-refractivity contribution >= 4 is 17.9 Å². The number of rotatable bonds is 11. The maximum Gasteiger partial charge on any atom is 0.322 e. The van der Waals surface area contributed by atoms with Crippen LogP contribution in [0.2, 0.25) is 0 Å². The quantitative estimate of drug-likeness (QED) is 0.129. The topological polar surface area (TPSA) is 111 Å². The van der Waals surface area contributed by atoms with Crippen molar-refractivity contribution in [2.45, 2.75) is 139 Å². The molecule has 48 heavy (non-hydrogen) atoms. The third-order valence-corrected chi connectivity index (χ3v) is 15.8. The lowest BCUT2D eigenvalue weighted by atomic mass is 9.32. The largest absolute Gasteiger partial charge is 0.481 e. The molecular formula is C40H65NO7. The van der Waals surface area contributed by atoms with Crippen molar-refractivity contribution in [1.29, 1.82) is 0 Å². The number of nitrogens with one attached hydrogen (secondary N) is 1. The summed E-state index contributed by atoms with van der Waals surface area (Å²) in [4.78, 5) is 41.9. The lowest BCUT2D eigenvalue weighted by molar-refractivity contribution is -0.251. The molecule has 2 N–H and O–H groups in total. The van der Waals surface area contributed by atoms with Gasteiger partial charge in [0.25, 0.3) is 0 Å². The fourth-order valence-corrected chi connectivity index (χ4v) is 13.1. The highest BCUT2D eigenvalue weighted by atomic mass is 16.6. The first-order valence-electron chi connectivity index (χ1n) is 18.8. The number of carboxylic acid groups (broad SMARTS) is 1. The Morgan fingerprint density at radius 1 is 0.875 bits per heavy atom. The number of fused-ring (bicyclic) bond motifs is 7. The zero-order valence-electron chi connectivity index (χ0n) is 31.5. The molecule has 0 aromatic rings. The molecule has 0 heterocycles. The Balaban J connectivity index is 1.37. The van der Waals surface area contributed by atoms with E-state index in [1.165, 1.54) is 57.6 Å². The number of carbonyl (C=O) groups excluding carboxylic acids is 2. The molecule has 8 nitrogen and oxygen atoms in total. The molecule has 0 unspecified atom stereocenters. The van der Waals surface area contributed by atoms with Gasteiger partial charge in [0.1, 0.15) is 12.6 Å². The van der Waals surface area contributed by atoms with Crippen LogP contribution in [0, 0.1) is 62.1 Å². The minimum Gasteiger partial charge on any atom is -0.481 e. The minimum absolute atomic E-state index is 0.0599. The Kier molecular flexibility index (Phi) is 10.1. The van der Waals surface area contributed by atoms with Crippen LogP contribution in [0.15, 0.2) is 12.2 Å². The SMILES string of the molecule is C=C(C)[C@@H]1CC[C@]2(CCOC(=O)CNOC)CC[C@]3(C)[C@H](CC[C@@H]4[C@@]5(C)CC[C@H](OC(=O)CC(C)(C)C(=O)O)C(C)(C)[C@@H]5CC[C@]43C)[C@@H]12. The minimum atomic E-state index is -1.14. The zero-order valence-corrected chi connectivity index (χ0v) is 31.5. The van der Waals surface area contributed by atoms with Crippen LogP contribution in [0.3, 0.4) is 0 Å². The predicted molar refractivity (Wildman–Crippen MR) is 185 cm³/mol. The molecule has 5 fully saturated rings. The van der Waals surface area contributed by atoms with Crippen LogP contribution in [0.1, 0.15) is 132 Å². The number of aliphatic carboxylic acids is 1. The first-order chi connectivity index (χ1) is 22.3. The Bertz CT molecular complexity index is 1280. The van der Waals surface area contributed by atoms with Crippen molar-refractivity contribution in [2.75, 3.05) is 20.3 Å². The van der Waals surface area contributed by atoms with Crippen LogP contribution in [-0.4, -0.2) is 49.4 Å². The molecule has 0 radical (unpaired) electrons. The Labute approximate surface area is 289 Å². The van der Waals surface area contributed by atoms with Crippen LogP contribution in [-0.2, 0) is 28.7 Å². The summed E-state index contributed by atoms with van der Waals surface area (Å²) >= 11 is 0. The smallest absolute Gasteiger partial charge is 0.322 e. The molecule has 0 aromatic heterocycles. The van der Waals surface area contributed by atoms with Crippen LogP contribution in [0.4, 0.5) is 0 Å². The van der Waals surface area contributed by atoms with Crippen molar-refractivity contribution in [3.8, 4) is 0 Å². The number of ether oxygens (including phenoxy) is 2. The van der Waals surface area contributed by atoms with Gasteiger partial charge < -0.3 is 19.4 Å². The van der Waals surface area contributed by atoms with Gasteiger partial charge in [0.2, 0.25) is 0 Å². The van der Waals surface area contributed by atoms with Gasteiger partial charge in [-0.25, -0.2) is 0 Å². The van der Waals surface area contributed by atoms with Crippen molar-refractivity contribution in [1.82, 2.24) is 5.48 Å². The number of hydrogen-bond donors (Lipinski definition) is 2. The average molecular weight is 672 g/mol. The van der Waals surface area contributed by atoms with E-state index in [1.54, 1.807) is 13.8 Å². The average Bonchev–Trinajstić information content (AvgIpc) is 3.37. The van der Waals surface area contributed by atoms with Gasteiger partial charge in [-0.2, -0.15) is 5.48 Å². The van der Waals surface area contributed by atoms with E-state index < -0.39 is 17.4 Å². The highest BCUT2D eigenvalue weighted by Gasteiger charge is 2.71. The molecule has 0 saturated heterocycles. The summed E-state index contributed by atoms with van der Waals surface area (Å²) in [6, 6.07) is 0. The normalized spacial score (nSPS) is 41.6. The molecule has 5 aliphatic rings. The van der Waals surface area contributed by atoms with E-state index in [-0.39, 0.29) is 52.1 Å². The third kappa shape index (κ3) is 5.96. The summed E-state index contributed by atoms with van der Waals surface area (Å²) in [5.41, 5.74) is 3.34. The molecule has 0 spiro atoms. The number of carbonyl (C=O) groups is 3. The van der Waals surface area contributed by atoms with Gasteiger partial charge in [0, 0.05) is 5.41 Å². The molecule has 5 aliphatic carbocycles. The Hall–Kier alpha value is -1.93. The fourth-order valence-electron chi connectivity index (χ4n) is 13.1. The maximum absolute atomic E-state index is 13.0. The van der Waals surface area contributed by atoms with E-state index in [4.69, 9.17) is 14.3 Å². The lowest BCUT2D eigenvalue weighted by Crippen LogP contribution is -2.66. The second-order valence-electron chi connectivity index (χ2n) is 18.7. The summed E-state index contributed by atoms with van der Waals surface area (Å²) in [7, 11) is 1.50. The lowest BCUT2D eigenvalue weighted by Gasteiger charge is -2.73. The van der Waals surface area contributed by atoms with Crippen LogP contribution >= 0.6 is 0 Å². The summed E-state index contributed by atoms with van der Waals surface area (Å²) < 4.78 is 11.9. The van der Waals surface area contributed by atoms with Crippen molar-refractivity contribution in [3.05, 3.63) is 12.2 Å². The van der Waals surface area contributed by atoms with Gasteiger partial charge in [-0.1, -0.05) is 46.8 Å². The van der Waals surface area contributed by atoms with Crippen molar-refractivity contribution < 1.29 is 33.8 Å². The van der Waals surface area contributed by atoms with E-state index in [2.05, 4.69) is 53.6 Å². The Morgan fingerprint density at radius 3 is 2.23 bits per heavy atom. The highest BCUT2D eigenvalue weighted by Crippen LogP contribution is 2.78. The molecule has 0 aliphatic heterocycles.